The maximum atomic E-state index is 13.1. The van der Waals surface area contributed by atoms with Gasteiger partial charge in [-0.2, -0.15) is 4.31 Å². The van der Waals surface area contributed by atoms with E-state index in [0.29, 0.717) is 12.5 Å². The zero-order valence-electron chi connectivity index (χ0n) is 12.9. The lowest BCUT2D eigenvalue weighted by molar-refractivity contribution is 0.0605. The van der Waals surface area contributed by atoms with Gasteiger partial charge in [0.15, 0.2) is 0 Å². The number of aryl methyl sites for hydroxylation is 1. The number of rotatable bonds is 2. The molecule has 0 amide bonds. The molecule has 0 radical (unpaired) electrons. The molecule has 1 aromatic rings. The lowest BCUT2D eigenvalue weighted by Crippen LogP contribution is -2.57. The van der Waals surface area contributed by atoms with Gasteiger partial charge in [0.2, 0.25) is 5.03 Å². The molecule has 7 heteroatoms. The monoisotopic (exact) mass is 331 g/mol. The number of nitrogens with zero attached hydrogens (tertiary/aromatic N) is 3. The summed E-state index contributed by atoms with van der Waals surface area (Å²) in [6.07, 6.45) is 4.72. The van der Waals surface area contributed by atoms with E-state index < -0.39 is 15.6 Å². The van der Waals surface area contributed by atoms with E-state index in [-0.39, 0.29) is 15.6 Å². The van der Waals surface area contributed by atoms with E-state index in [1.54, 1.807) is 11.4 Å². The summed E-state index contributed by atoms with van der Waals surface area (Å²) >= 11 is 6.12. The Balaban J connectivity index is 2.08. The molecule has 1 saturated heterocycles. The van der Waals surface area contributed by atoms with Crippen molar-refractivity contribution in [2.24, 2.45) is 18.4 Å². The summed E-state index contributed by atoms with van der Waals surface area (Å²) in [5.74, 6) is 0.397. The van der Waals surface area contributed by atoms with Crippen LogP contribution in [0, 0.1) is 11.3 Å². The van der Waals surface area contributed by atoms with Gasteiger partial charge in [-0.15, -0.1) is 0 Å². The number of hydrogen-bond donors (Lipinski definition) is 0. The van der Waals surface area contributed by atoms with Crippen LogP contribution >= 0.6 is 11.6 Å². The molecule has 2 bridgehead atoms. The highest BCUT2D eigenvalue weighted by atomic mass is 35.5. The molecule has 0 spiro atoms. The van der Waals surface area contributed by atoms with E-state index in [9.17, 15) is 8.42 Å². The molecule has 2 fully saturated rings. The van der Waals surface area contributed by atoms with Gasteiger partial charge in [-0.05, 0) is 44.4 Å². The molecule has 1 aliphatic heterocycles. The molecule has 1 aromatic heterocycles. The average Bonchev–Trinajstić information content (AvgIpc) is 2.90. The molecule has 2 heterocycles. The third kappa shape index (κ3) is 2.14. The summed E-state index contributed by atoms with van der Waals surface area (Å²) < 4.78 is 29.3. The summed E-state index contributed by atoms with van der Waals surface area (Å²) in [7, 11) is -1.98. The summed E-state index contributed by atoms with van der Waals surface area (Å²) in [5.41, 5.74) is -0.315. The summed E-state index contributed by atoms with van der Waals surface area (Å²) in [6, 6.07) is 0. The van der Waals surface area contributed by atoms with Gasteiger partial charge in [0.05, 0.1) is 6.33 Å². The van der Waals surface area contributed by atoms with Crippen LogP contribution < -0.4 is 0 Å². The first-order valence-electron chi connectivity index (χ1n) is 7.28. The van der Waals surface area contributed by atoms with Crippen LogP contribution in [0.15, 0.2) is 11.4 Å². The van der Waals surface area contributed by atoms with Crippen molar-refractivity contribution in [1.82, 2.24) is 13.9 Å². The van der Waals surface area contributed by atoms with Crippen LogP contribution in [0.5, 0.6) is 0 Å². The summed E-state index contributed by atoms with van der Waals surface area (Å²) in [4.78, 5) is 4.02. The Kier molecular flexibility index (Phi) is 3.25. The van der Waals surface area contributed by atoms with Crippen molar-refractivity contribution in [3.8, 4) is 0 Å². The number of sulfonamides is 1. The molecule has 0 unspecified atom stereocenters. The fourth-order valence-corrected chi connectivity index (χ4v) is 6.27. The minimum absolute atomic E-state index is 0.0235. The number of piperidine rings is 1. The fraction of sp³-hybridized carbons (Fsp3) is 0.786. The smallest absolute Gasteiger partial charge is 0.264 e. The summed E-state index contributed by atoms with van der Waals surface area (Å²) in [5, 5.41) is 0.151. The highest BCUT2D eigenvalue weighted by Gasteiger charge is 2.55. The zero-order valence-corrected chi connectivity index (χ0v) is 14.5. The molecule has 21 heavy (non-hydrogen) atoms. The number of halogens is 1. The second kappa shape index (κ2) is 4.46. The molecule has 3 rings (SSSR count). The van der Waals surface area contributed by atoms with Gasteiger partial charge in [-0.3, -0.25) is 0 Å². The fourth-order valence-electron chi connectivity index (χ4n) is 3.89. The van der Waals surface area contributed by atoms with Gasteiger partial charge in [0.1, 0.15) is 5.15 Å². The Morgan fingerprint density at radius 2 is 2.05 bits per heavy atom. The Morgan fingerprint density at radius 1 is 1.38 bits per heavy atom. The van der Waals surface area contributed by atoms with Crippen molar-refractivity contribution >= 4 is 21.6 Å². The second-order valence-electron chi connectivity index (χ2n) is 7.37. The highest BCUT2D eigenvalue weighted by molar-refractivity contribution is 7.89. The minimum Gasteiger partial charge on any atom is -0.324 e. The Bertz CT molecular complexity index is 682. The molecular formula is C14H22ClN3O2S. The van der Waals surface area contributed by atoms with Crippen molar-refractivity contribution in [2.45, 2.75) is 50.6 Å². The molecule has 118 valence electrons. The predicted octanol–water partition coefficient (Wildman–Crippen LogP) is 2.66. The van der Waals surface area contributed by atoms with Crippen molar-refractivity contribution < 1.29 is 8.42 Å². The van der Waals surface area contributed by atoms with Crippen molar-refractivity contribution in [3.05, 3.63) is 11.5 Å². The number of imidazole rings is 1. The van der Waals surface area contributed by atoms with Crippen LogP contribution in [0.2, 0.25) is 5.15 Å². The van der Waals surface area contributed by atoms with Gasteiger partial charge >= 0.3 is 0 Å². The van der Waals surface area contributed by atoms with E-state index in [0.717, 1.165) is 19.3 Å². The molecule has 5 nitrogen and oxygen atoms in total. The number of hydrogen-bond acceptors (Lipinski definition) is 3. The first-order valence-corrected chi connectivity index (χ1v) is 9.09. The maximum Gasteiger partial charge on any atom is 0.264 e. The zero-order chi connectivity index (χ0) is 15.6. The predicted molar refractivity (Wildman–Crippen MR) is 81.6 cm³/mol. The molecule has 2 atom stereocenters. The van der Waals surface area contributed by atoms with Crippen LogP contribution in [0.3, 0.4) is 0 Å². The summed E-state index contributed by atoms with van der Waals surface area (Å²) in [6.45, 7) is 6.78. The highest BCUT2D eigenvalue weighted by Crippen LogP contribution is 2.54. The van der Waals surface area contributed by atoms with Gasteiger partial charge in [0.25, 0.3) is 10.0 Å². The van der Waals surface area contributed by atoms with Crippen LogP contribution in [0.4, 0.5) is 0 Å². The van der Waals surface area contributed by atoms with Gasteiger partial charge < -0.3 is 4.57 Å². The maximum absolute atomic E-state index is 13.1. The van der Waals surface area contributed by atoms with Crippen molar-refractivity contribution in [3.63, 3.8) is 0 Å². The topological polar surface area (TPSA) is 55.2 Å². The standard InChI is InChI=1S/C14H22ClN3O2S/c1-13(2)10-5-6-14(3,7-10)8-18(13)21(19,20)12-11(15)17(4)9-16-12/h9-10H,5-8H2,1-4H3/t10-,14+/m0/s1. The molecule has 0 aromatic carbocycles. The van der Waals surface area contributed by atoms with Crippen LogP contribution in [-0.2, 0) is 17.1 Å². The third-order valence-corrected chi connectivity index (χ3v) is 7.90. The number of fused-ring (bicyclic) bond motifs is 2. The van der Waals surface area contributed by atoms with Crippen LogP contribution in [0.1, 0.15) is 40.0 Å². The van der Waals surface area contributed by atoms with E-state index in [1.807, 2.05) is 13.8 Å². The first kappa shape index (κ1) is 15.3. The SMILES string of the molecule is Cn1cnc(S(=O)(=O)N2C[C@]3(C)CC[C@@H](C3)C2(C)C)c1Cl. The van der Waals surface area contributed by atoms with Crippen molar-refractivity contribution in [2.75, 3.05) is 6.54 Å². The Morgan fingerprint density at radius 3 is 2.62 bits per heavy atom. The normalized spacial score (nSPS) is 32.5. The third-order valence-electron chi connectivity index (χ3n) is 5.37. The Hall–Kier alpha value is -0.590. The van der Waals surface area contributed by atoms with E-state index in [4.69, 9.17) is 11.6 Å². The number of aromatic nitrogens is 2. The van der Waals surface area contributed by atoms with Gasteiger partial charge in [0, 0.05) is 19.1 Å². The molecule has 1 saturated carbocycles. The second-order valence-corrected chi connectivity index (χ2v) is 9.50. The Labute approximate surface area is 131 Å². The van der Waals surface area contributed by atoms with Crippen LogP contribution in [-0.4, -0.2) is 34.4 Å². The molecule has 0 N–H and O–H groups in total. The first-order chi connectivity index (χ1) is 9.58. The molecule has 1 aliphatic carbocycles. The molecular weight excluding hydrogens is 310 g/mol. The van der Waals surface area contributed by atoms with Gasteiger partial charge in [-0.1, -0.05) is 18.5 Å². The quantitative estimate of drug-likeness (QED) is 0.837. The minimum atomic E-state index is -3.67. The van der Waals surface area contributed by atoms with Gasteiger partial charge in [-0.25, -0.2) is 13.4 Å². The van der Waals surface area contributed by atoms with E-state index >= 15 is 0 Å². The van der Waals surface area contributed by atoms with E-state index in [2.05, 4.69) is 11.9 Å². The lowest BCUT2D eigenvalue weighted by Gasteiger charge is -2.48. The largest absolute Gasteiger partial charge is 0.324 e. The van der Waals surface area contributed by atoms with Crippen LogP contribution in [0.25, 0.3) is 0 Å². The average molecular weight is 332 g/mol. The van der Waals surface area contributed by atoms with E-state index in [1.165, 1.54) is 10.9 Å². The lowest BCUT2D eigenvalue weighted by atomic mass is 9.77. The van der Waals surface area contributed by atoms with Crippen molar-refractivity contribution in [1.29, 1.82) is 0 Å². The molecule has 2 aliphatic rings.